The highest BCUT2D eigenvalue weighted by molar-refractivity contribution is 6.01. The molecule has 1 heterocycles. The summed E-state index contributed by atoms with van der Waals surface area (Å²) in [5.41, 5.74) is 2.78. The van der Waals surface area contributed by atoms with E-state index < -0.39 is 0 Å². The van der Waals surface area contributed by atoms with Gasteiger partial charge in [0, 0.05) is 6.54 Å². The van der Waals surface area contributed by atoms with Gasteiger partial charge in [0.15, 0.2) is 0 Å². The summed E-state index contributed by atoms with van der Waals surface area (Å²) in [6.45, 7) is 4.46. The molecule has 0 aliphatic rings. The lowest BCUT2D eigenvalue weighted by Crippen LogP contribution is -2.25. The molecule has 0 aliphatic heterocycles. The molecular weight excluding hydrogens is 278 g/mol. The molecule has 6 nitrogen and oxygen atoms in total. The molecule has 1 N–H and O–H groups in total. The molecule has 1 aromatic carbocycles. The van der Waals surface area contributed by atoms with E-state index in [1.54, 1.807) is 17.1 Å². The second kappa shape index (κ2) is 7.18. The molecule has 0 saturated heterocycles. The smallest absolute Gasteiger partial charge is 0.261 e. The van der Waals surface area contributed by atoms with Crippen molar-refractivity contribution in [2.24, 2.45) is 0 Å². The van der Waals surface area contributed by atoms with Crippen LogP contribution in [0.2, 0.25) is 0 Å². The zero-order chi connectivity index (χ0) is 15.9. The zero-order valence-corrected chi connectivity index (χ0v) is 12.6. The van der Waals surface area contributed by atoms with E-state index in [2.05, 4.69) is 15.4 Å². The first-order valence-electron chi connectivity index (χ1n) is 7.01. The number of aryl methyl sites for hydroxylation is 1. The summed E-state index contributed by atoms with van der Waals surface area (Å²) >= 11 is 0. The van der Waals surface area contributed by atoms with Crippen LogP contribution in [0.5, 0.6) is 0 Å². The maximum Gasteiger partial charge on any atom is 0.261 e. The molecule has 0 fully saturated rings. The number of hydrogen-bond acceptors (Lipinski definition) is 4. The van der Waals surface area contributed by atoms with Crippen molar-refractivity contribution in [1.29, 1.82) is 5.26 Å². The van der Waals surface area contributed by atoms with Crippen LogP contribution < -0.4 is 5.32 Å². The van der Waals surface area contributed by atoms with Gasteiger partial charge in [-0.15, -0.1) is 0 Å². The second-order valence-electron chi connectivity index (χ2n) is 4.81. The molecule has 2 aromatic rings. The maximum absolute atomic E-state index is 11.9. The predicted molar refractivity (Wildman–Crippen MR) is 83.0 cm³/mol. The minimum absolute atomic E-state index is 0.0985. The van der Waals surface area contributed by atoms with Crippen LogP contribution in [0.25, 0.3) is 11.8 Å². The van der Waals surface area contributed by atoms with Crippen molar-refractivity contribution in [2.45, 2.75) is 20.3 Å². The molecule has 0 aliphatic carbocycles. The van der Waals surface area contributed by atoms with E-state index in [1.165, 1.54) is 6.33 Å². The molecule has 6 heteroatoms. The van der Waals surface area contributed by atoms with Crippen LogP contribution in [0.1, 0.15) is 24.5 Å². The van der Waals surface area contributed by atoms with Crippen molar-refractivity contribution in [2.75, 3.05) is 6.54 Å². The molecule has 2 rings (SSSR count). The molecule has 0 unspecified atom stereocenters. The van der Waals surface area contributed by atoms with Gasteiger partial charge in [0.2, 0.25) is 0 Å². The monoisotopic (exact) mass is 295 g/mol. The second-order valence-corrected chi connectivity index (χ2v) is 4.81. The Morgan fingerprint density at radius 3 is 2.91 bits per heavy atom. The van der Waals surface area contributed by atoms with Gasteiger partial charge in [-0.25, -0.2) is 9.67 Å². The van der Waals surface area contributed by atoms with E-state index in [9.17, 15) is 4.79 Å². The third-order valence-electron chi connectivity index (χ3n) is 3.10. The number of amides is 1. The molecule has 0 saturated carbocycles. The van der Waals surface area contributed by atoms with Crippen LogP contribution in [0.15, 0.2) is 36.4 Å². The number of aromatic nitrogens is 3. The Morgan fingerprint density at radius 1 is 1.50 bits per heavy atom. The number of nitrogens with one attached hydrogen (secondary N) is 1. The van der Waals surface area contributed by atoms with Crippen LogP contribution in [-0.4, -0.2) is 27.2 Å². The summed E-state index contributed by atoms with van der Waals surface area (Å²) in [6, 6.07) is 7.57. The van der Waals surface area contributed by atoms with E-state index in [4.69, 9.17) is 5.26 Å². The van der Waals surface area contributed by atoms with Crippen molar-refractivity contribution in [1.82, 2.24) is 20.1 Å². The van der Waals surface area contributed by atoms with Gasteiger partial charge in [-0.1, -0.05) is 13.0 Å². The molecule has 1 amide bonds. The SMILES string of the molecule is CCCNC(=O)/C(C#N)=C\c1ccc(-n2cncn2)c(C)c1. The molecule has 0 atom stereocenters. The Bertz CT molecular complexity index is 725. The van der Waals surface area contributed by atoms with E-state index in [0.717, 1.165) is 23.2 Å². The fraction of sp³-hybridized carbons (Fsp3) is 0.250. The number of carbonyl (C=O) groups is 1. The molecule has 112 valence electrons. The number of nitriles is 1. The largest absolute Gasteiger partial charge is 0.351 e. The first-order valence-corrected chi connectivity index (χ1v) is 7.01. The van der Waals surface area contributed by atoms with Gasteiger partial charge in [-0.2, -0.15) is 10.4 Å². The van der Waals surface area contributed by atoms with Crippen molar-refractivity contribution in [3.05, 3.63) is 47.6 Å². The molecule has 0 bridgehead atoms. The summed E-state index contributed by atoms with van der Waals surface area (Å²) in [5, 5.41) is 15.9. The van der Waals surface area contributed by atoms with E-state index >= 15 is 0 Å². The van der Waals surface area contributed by atoms with E-state index in [-0.39, 0.29) is 11.5 Å². The van der Waals surface area contributed by atoms with Gasteiger partial charge in [0.25, 0.3) is 5.91 Å². The number of nitrogens with zero attached hydrogens (tertiary/aromatic N) is 4. The molecule has 0 spiro atoms. The highest BCUT2D eigenvalue weighted by atomic mass is 16.1. The zero-order valence-electron chi connectivity index (χ0n) is 12.6. The molecule has 0 radical (unpaired) electrons. The minimum atomic E-state index is -0.345. The highest BCUT2D eigenvalue weighted by Crippen LogP contribution is 2.16. The Morgan fingerprint density at radius 2 is 2.32 bits per heavy atom. The van der Waals surface area contributed by atoms with Gasteiger partial charge in [0.05, 0.1) is 5.69 Å². The van der Waals surface area contributed by atoms with Gasteiger partial charge in [0.1, 0.15) is 24.3 Å². The summed E-state index contributed by atoms with van der Waals surface area (Å²) in [7, 11) is 0. The Kier molecular flexibility index (Phi) is 5.04. The summed E-state index contributed by atoms with van der Waals surface area (Å²) in [6.07, 6.45) is 5.51. The molecule has 1 aromatic heterocycles. The van der Waals surface area contributed by atoms with Crippen LogP contribution >= 0.6 is 0 Å². The van der Waals surface area contributed by atoms with Crippen molar-refractivity contribution < 1.29 is 4.79 Å². The average Bonchev–Trinajstić information content (AvgIpc) is 3.04. The topological polar surface area (TPSA) is 83.6 Å². The number of benzene rings is 1. The number of rotatable bonds is 5. The normalized spacial score (nSPS) is 11.0. The van der Waals surface area contributed by atoms with Crippen molar-refractivity contribution in [3.8, 4) is 11.8 Å². The van der Waals surface area contributed by atoms with Gasteiger partial charge < -0.3 is 5.32 Å². The van der Waals surface area contributed by atoms with Crippen LogP contribution in [0.3, 0.4) is 0 Å². The van der Waals surface area contributed by atoms with Gasteiger partial charge in [-0.05, 0) is 42.7 Å². The first-order chi connectivity index (χ1) is 10.7. The van der Waals surface area contributed by atoms with Crippen LogP contribution in [0, 0.1) is 18.3 Å². The standard InChI is InChI=1S/C16H17N5O/c1-3-6-19-16(22)14(9-17)8-13-4-5-15(12(2)7-13)21-11-18-10-20-21/h4-5,7-8,10-11H,3,6H2,1-2H3,(H,19,22)/b14-8-. The maximum atomic E-state index is 11.9. The Hall–Kier alpha value is -2.94. The van der Waals surface area contributed by atoms with Crippen LogP contribution in [0.4, 0.5) is 0 Å². The lowest BCUT2D eigenvalue weighted by molar-refractivity contribution is -0.117. The number of hydrogen-bond donors (Lipinski definition) is 1. The average molecular weight is 295 g/mol. The van der Waals surface area contributed by atoms with Crippen LogP contribution in [-0.2, 0) is 4.79 Å². The lowest BCUT2D eigenvalue weighted by atomic mass is 10.1. The molecular formula is C16H17N5O. The van der Waals surface area contributed by atoms with E-state index in [1.807, 2.05) is 38.1 Å². The van der Waals surface area contributed by atoms with Gasteiger partial charge >= 0.3 is 0 Å². The van der Waals surface area contributed by atoms with E-state index in [0.29, 0.717) is 6.54 Å². The lowest BCUT2D eigenvalue weighted by Gasteiger charge is -2.07. The summed E-state index contributed by atoms with van der Waals surface area (Å²) in [4.78, 5) is 15.8. The third-order valence-corrected chi connectivity index (χ3v) is 3.10. The Balaban J connectivity index is 2.26. The predicted octanol–water partition coefficient (Wildman–Crippen LogP) is 2.01. The summed E-state index contributed by atoms with van der Waals surface area (Å²) < 4.78 is 1.67. The fourth-order valence-electron chi connectivity index (χ4n) is 2.01. The van der Waals surface area contributed by atoms with Gasteiger partial charge in [-0.3, -0.25) is 4.79 Å². The first kappa shape index (κ1) is 15.4. The van der Waals surface area contributed by atoms with Crippen molar-refractivity contribution in [3.63, 3.8) is 0 Å². The minimum Gasteiger partial charge on any atom is -0.351 e. The Labute approximate surface area is 129 Å². The van der Waals surface area contributed by atoms with Crippen molar-refractivity contribution >= 4 is 12.0 Å². The highest BCUT2D eigenvalue weighted by Gasteiger charge is 2.09. The molecule has 22 heavy (non-hydrogen) atoms. The summed E-state index contributed by atoms with van der Waals surface area (Å²) in [5.74, 6) is -0.345. The quantitative estimate of drug-likeness (QED) is 0.675. The fourth-order valence-corrected chi connectivity index (χ4v) is 2.01. The number of carbonyl (C=O) groups excluding carboxylic acids is 1. The third kappa shape index (κ3) is 3.58.